The first-order chi connectivity index (χ1) is 21.4. The van der Waals surface area contributed by atoms with Gasteiger partial charge in [0, 0.05) is 0 Å². The molecular weight excluding hydrogens is 596 g/mol. The maximum Gasteiger partial charge on any atom is 0.475 e. The third kappa shape index (κ3) is 8.02. The normalized spacial score (nSPS) is 12.2. The smallest absolute Gasteiger partial charge is 0.287 e. The Morgan fingerprint density at radius 2 is 0.750 bits per heavy atom. The molecule has 0 atom stereocenters. The van der Waals surface area contributed by atoms with Crippen molar-refractivity contribution < 1.29 is 18.1 Å². The minimum Gasteiger partial charge on any atom is -0.287 e. The summed E-state index contributed by atoms with van der Waals surface area (Å²) in [6, 6.07) is 53.6. The van der Waals surface area contributed by atoms with Gasteiger partial charge in [-0.15, -0.1) is 0 Å². The van der Waals surface area contributed by atoms with Gasteiger partial charge in [0.15, 0.2) is 0 Å². The number of benzene rings is 5. The molecule has 0 aromatic heterocycles. The zero-order valence-corrected chi connectivity index (χ0v) is 28.4. The van der Waals surface area contributed by atoms with Crippen LogP contribution in [-0.4, -0.2) is 29.4 Å². The maximum absolute atomic E-state index is 14.3. The third-order valence-electron chi connectivity index (χ3n) is 8.58. The Morgan fingerprint density at radius 3 is 1.07 bits per heavy atom. The SMILES string of the molecule is C[Si](CCOP(=O)(OCC[Si](C)(c1ccccc1)c1ccccc1)OCc1ccccc1)(c1ccccc1)c1ccccc1. The van der Waals surface area contributed by atoms with E-state index in [1.54, 1.807) is 0 Å². The van der Waals surface area contributed by atoms with Crippen LogP contribution in [0.25, 0.3) is 0 Å². The van der Waals surface area contributed by atoms with Crippen molar-refractivity contribution in [3.63, 3.8) is 0 Å². The number of hydrogen-bond donors (Lipinski definition) is 0. The van der Waals surface area contributed by atoms with E-state index < -0.39 is 24.0 Å². The Balaban J connectivity index is 1.34. The van der Waals surface area contributed by atoms with Crippen molar-refractivity contribution in [3.8, 4) is 0 Å². The molecule has 0 saturated carbocycles. The highest BCUT2D eigenvalue weighted by Crippen LogP contribution is 2.51. The van der Waals surface area contributed by atoms with Gasteiger partial charge in [0.2, 0.25) is 0 Å². The van der Waals surface area contributed by atoms with E-state index in [9.17, 15) is 4.57 Å². The summed E-state index contributed by atoms with van der Waals surface area (Å²) < 4.78 is 32.6. The lowest BCUT2D eigenvalue weighted by molar-refractivity contribution is 0.116. The van der Waals surface area contributed by atoms with E-state index in [1.165, 1.54) is 20.7 Å². The lowest BCUT2D eigenvalue weighted by atomic mass is 10.2. The van der Waals surface area contributed by atoms with Gasteiger partial charge < -0.3 is 0 Å². The van der Waals surface area contributed by atoms with Crippen LogP contribution in [0.4, 0.5) is 0 Å². The molecule has 0 N–H and O–H groups in total. The topological polar surface area (TPSA) is 44.8 Å². The summed E-state index contributed by atoms with van der Waals surface area (Å²) >= 11 is 0. The second kappa shape index (κ2) is 15.1. The van der Waals surface area contributed by atoms with Gasteiger partial charge in [-0.3, -0.25) is 13.6 Å². The highest BCUT2D eigenvalue weighted by atomic mass is 31.2. The van der Waals surface area contributed by atoms with Crippen LogP contribution in [-0.2, 0) is 24.7 Å². The summed E-state index contributed by atoms with van der Waals surface area (Å²) in [7, 11) is -8.25. The Labute approximate surface area is 264 Å². The predicted octanol–water partition coefficient (Wildman–Crippen LogP) is 7.13. The van der Waals surface area contributed by atoms with Gasteiger partial charge in [-0.25, -0.2) is 4.57 Å². The van der Waals surface area contributed by atoms with E-state index in [1.807, 2.05) is 54.6 Å². The zero-order valence-electron chi connectivity index (χ0n) is 25.5. The monoisotopic (exact) mass is 636 g/mol. The van der Waals surface area contributed by atoms with Crippen molar-refractivity contribution in [1.29, 1.82) is 0 Å². The van der Waals surface area contributed by atoms with Crippen LogP contribution < -0.4 is 20.7 Å². The number of phosphoric ester groups is 1. The van der Waals surface area contributed by atoms with Crippen LogP contribution in [0.2, 0.25) is 25.2 Å². The standard InChI is InChI=1S/C37H41O4PSi2/c1-43(34-20-10-4-11-21-34,35-22-12-5-13-23-35)30-28-39-42(38,41-32-33-18-8-3-9-19-33)40-29-31-44(2,36-24-14-6-15-25-36)37-26-16-7-17-27-37/h3-27H,28-32H2,1-2H3. The Kier molecular flexibility index (Phi) is 11.0. The Morgan fingerprint density at radius 1 is 0.455 bits per heavy atom. The lowest BCUT2D eigenvalue weighted by Crippen LogP contribution is -2.56. The molecule has 0 unspecified atom stereocenters. The molecule has 0 bridgehead atoms. The second-order valence-electron chi connectivity index (χ2n) is 11.5. The van der Waals surface area contributed by atoms with Crippen LogP contribution in [0.15, 0.2) is 152 Å². The number of phosphoric acid groups is 1. The van der Waals surface area contributed by atoms with Gasteiger partial charge in [-0.05, 0) is 17.7 Å². The molecule has 0 aliphatic carbocycles. The molecule has 5 rings (SSSR count). The van der Waals surface area contributed by atoms with Gasteiger partial charge in [0.25, 0.3) is 0 Å². The summed E-state index contributed by atoms with van der Waals surface area (Å²) in [5.41, 5.74) is 0.917. The molecule has 4 nitrogen and oxygen atoms in total. The van der Waals surface area contributed by atoms with Gasteiger partial charge in [-0.1, -0.05) is 186 Å². The molecule has 0 heterocycles. The first kappa shape index (κ1) is 32.0. The Hall–Kier alpha value is -3.36. The summed E-state index contributed by atoms with van der Waals surface area (Å²) in [6.45, 7) is 5.37. The molecule has 0 saturated heterocycles. The first-order valence-electron chi connectivity index (χ1n) is 15.2. The number of rotatable bonds is 15. The molecular formula is C37H41O4PSi2. The molecule has 0 amide bonds. The van der Waals surface area contributed by atoms with Crippen LogP contribution in [0.5, 0.6) is 0 Å². The predicted molar refractivity (Wildman–Crippen MR) is 188 cm³/mol. The minimum absolute atomic E-state index is 0.149. The van der Waals surface area contributed by atoms with E-state index in [0.717, 1.165) is 17.7 Å². The molecule has 0 radical (unpaired) electrons. The van der Waals surface area contributed by atoms with E-state index in [0.29, 0.717) is 0 Å². The molecule has 5 aromatic rings. The van der Waals surface area contributed by atoms with Crippen molar-refractivity contribution in [2.24, 2.45) is 0 Å². The highest BCUT2D eigenvalue weighted by Gasteiger charge is 2.36. The lowest BCUT2D eigenvalue weighted by Gasteiger charge is -2.30. The maximum atomic E-state index is 14.3. The van der Waals surface area contributed by atoms with Crippen LogP contribution in [0.3, 0.4) is 0 Å². The van der Waals surface area contributed by atoms with Crippen LogP contribution in [0, 0.1) is 0 Å². The molecule has 0 aliphatic rings. The van der Waals surface area contributed by atoms with Gasteiger partial charge >= 0.3 is 7.82 Å². The van der Waals surface area contributed by atoms with Gasteiger partial charge in [0.1, 0.15) is 16.1 Å². The average Bonchev–Trinajstić information content (AvgIpc) is 3.09. The zero-order chi connectivity index (χ0) is 30.7. The first-order valence-corrected chi connectivity index (χ1v) is 22.1. The molecule has 0 spiro atoms. The number of hydrogen-bond acceptors (Lipinski definition) is 4. The molecule has 5 aromatic carbocycles. The molecule has 226 valence electrons. The van der Waals surface area contributed by atoms with Gasteiger partial charge in [-0.2, -0.15) is 0 Å². The van der Waals surface area contributed by atoms with E-state index in [-0.39, 0.29) is 19.8 Å². The quantitative estimate of drug-likeness (QED) is 0.0906. The fourth-order valence-electron chi connectivity index (χ4n) is 5.70. The van der Waals surface area contributed by atoms with Crippen molar-refractivity contribution in [2.45, 2.75) is 31.8 Å². The van der Waals surface area contributed by atoms with Crippen LogP contribution in [0.1, 0.15) is 5.56 Å². The van der Waals surface area contributed by atoms with Crippen molar-refractivity contribution in [2.75, 3.05) is 13.2 Å². The fraction of sp³-hybridized carbons (Fsp3) is 0.189. The van der Waals surface area contributed by atoms with Crippen LogP contribution >= 0.6 is 7.82 Å². The van der Waals surface area contributed by atoms with E-state index >= 15 is 0 Å². The molecule has 0 aliphatic heterocycles. The summed E-state index contributed by atoms with van der Waals surface area (Å²) in [5, 5.41) is 5.23. The summed E-state index contributed by atoms with van der Waals surface area (Å²) in [6.07, 6.45) is 0. The van der Waals surface area contributed by atoms with Crippen molar-refractivity contribution in [1.82, 2.24) is 0 Å². The van der Waals surface area contributed by atoms with Crippen molar-refractivity contribution in [3.05, 3.63) is 157 Å². The van der Waals surface area contributed by atoms with E-state index in [4.69, 9.17) is 13.6 Å². The largest absolute Gasteiger partial charge is 0.475 e. The summed E-state index contributed by atoms with van der Waals surface area (Å²) in [5.74, 6) is 0. The molecule has 0 fully saturated rings. The molecule has 7 heteroatoms. The van der Waals surface area contributed by atoms with Crippen molar-refractivity contribution >= 4 is 44.7 Å². The Bertz CT molecular complexity index is 1430. The fourth-order valence-corrected chi connectivity index (χ4v) is 13.8. The highest BCUT2D eigenvalue weighted by molar-refractivity contribution is 7.48. The minimum atomic E-state index is -3.88. The molecule has 44 heavy (non-hydrogen) atoms. The second-order valence-corrected chi connectivity index (χ2v) is 21.8. The van der Waals surface area contributed by atoms with Gasteiger partial charge in [0.05, 0.1) is 19.8 Å². The average molecular weight is 637 g/mol. The van der Waals surface area contributed by atoms with E-state index in [2.05, 4.69) is 110 Å². The third-order valence-corrected chi connectivity index (χ3v) is 18.9. The summed E-state index contributed by atoms with van der Waals surface area (Å²) in [4.78, 5) is 0.